The fourth-order valence-electron chi connectivity index (χ4n) is 2.63. The van der Waals surface area contributed by atoms with Crippen molar-refractivity contribution in [2.45, 2.75) is 13.5 Å². The van der Waals surface area contributed by atoms with E-state index < -0.39 is 7.29 Å². The molecule has 3 heteroatoms. The monoisotopic (exact) mass is 257 g/mol. The van der Waals surface area contributed by atoms with Gasteiger partial charge in [-0.3, -0.25) is 4.57 Å². The smallest absolute Gasteiger partial charge is 0.207 e. The Morgan fingerprint density at radius 1 is 1.06 bits per heavy atom. The van der Waals surface area contributed by atoms with Crippen molar-refractivity contribution >= 4 is 17.9 Å². The van der Waals surface area contributed by atoms with E-state index in [1.165, 1.54) is 5.56 Å². The first kappa shape index (κ1) is 11.7. The Hall–Kier alpha value is -1.37. The Kier molecular flexibility index (Phi) is 2.85. The van der Waals surface area contributed by atoms with Gasteiger partial charge in [0.05, 0.1) is 0 Å². The second kappa shape index (κ2) is 4.38. The molecule has 0 aromatic heterocycles. The maximum Gasteiger partial charge on any atom is 0.207 e. The Labute approximate surface area is 108 Å². The second-order valence-corrected chi connectivity index (χ2v) is 7.24. The predicted octanol–water partition coefficient (Wildman–Crippen LogP) is 2.75. The molecule has 2 nitrogen and oxygen atoms in total. The van der Waals surface area contributed by atoms with Crippen molar-refractivity contribution in [3.05, 3.63) is 60.2 Å². The van der Waals surface area contributed by atoms with Crippen LogP contribution in [0.15, 0.2) is 54.6 Å². The van der Waals surface area contributed by atoms with Crippen molar-refractivity contribution in [1.82, 2.24) is 4.67 Å². The number of rotatable bonds is 2. The number of benzene rings is 2. The molecule has 1 aliphatic heterocycles. The second-order valence-electron chi connectivity index (χ2n) is 4.52. The lowest BCUT2D eigenvalue weighted by atomic mass is 10.2. The van der Waals surface area contributed by atoms with Gasteiger partial charge in [-0.2, -0.15) is 0 Å². The summed E-state index contributed by atoms with van der Waals surface area (Å²) in [6.45, 7) is 3.67. The van der Waals surface area contributed by atoms with Crippen LogP contribution in [-0.2, 0) is 11.1 Å². The lowest BCUT2D eigenvalue weighted by Gasteiger charge is -2.24. The summed E-state index contributed by atoms with van der Waals surface area (Å²) < 4.78 is 15.6. The van der Waals surface area contributed by atoms with Crippen LogP contribution in [0.1, 0.15) is 12.5 Å². The number of hydrogen-bond donors (Lipinski definition) is 0. The third-order valence-corrected chi connectivity index (χ3v) is 6.85. The average Bonchev–Trinajstić information content (AvgIpc) is 2.74. The molecule has 92 valence electrons. The topological polar surface area (TPSA) is 20.3 Å². The molecular weight excluding hydrogens is 241 g/mol. The molecule has 0 saturated heterocycles. The zero-order valence-corrected chi connectivity index (χ0v) is 11.3. The molecule has 2 aromatic rings. The third kappa shape index (κ3) is 1.57. The summed E-state index contributed by atoms with van der Waals surface area (Å²) in [4.78, 5) is 0. The highest BCUT2D eigenvalue weighted by Gasteiger charge is 2.40. The summed E-state index contributed by atoms with van der Waals surface area (Å²) in [6, 6.07) is 17.9. The summed E-state index contributed by atoms with van der Waals surface area (Å²) in [5.41, 5.74) is 1.20. The van der Waals surface area contributed by atoms with Gasteiger partial charge in [0.1, 0.15) is 0 Å². The highest BCUT2D eigenvalue weighted by molar-refractivity contribution is 7.77. The number of fused-ring (bicyclic) bond motifs is 1. The van der Waals surface area contributed by atoms with Gasteiger partial charge in [0.25, 0.3) is 0 Å². The van der Waals surface area contributed by atoms with Crippen molar-refractivity contribution in [2.75, 3.05) is 6.54 Å². The summed E-state index contributed by atoms with van der Waals surface area (Å²) >= 11 is 0. The lowest BCUT2D eigenvalue weighted by Crippen LogP contribution is -2.24. The molecule has 0 bridgehead atoms. The van der Waals surface area contributed by atoms with Crippen LogP contribution in [0.3, 0.4) is 0 Å². The van der Waals surface area contributed by atoms with E-state index in [1.54, 1.807) is 0 Å². The van der Waals surface area contributed by atoms with E-state index in [-0.39, 0.29) is 0 Å². The quantitative estimate of drug-likeness (QED) is 0.771. The Bertz CT molecular complexity index is 609. The Morgan fingerprint density at radius 3 is 2.44 bits per heavy atom. The molecule has 0 fully saturated rings. The van der Waals surface area contributed by atoms with Gasteiger partial charge in [0.2, 0.25) is 7.29 Å². The molecule has 0 spiro atoms. The van der Waals surface area contributed by atoms with Gasteiger partial charge in [-0.05, 0) is 23.8 Å². The Morgan fingerprint density at radius 2 is 1.72 bits per heavy atom. The lowest BCUT2D eigenvalue weighted by molar-refractivity contribution is 0.448. The molecule has 3 rings (SSSR count). The van der Waals surface area contributed by atoms with Crippen LogP contribution in [-0.4, -0.2) is 11.2 Å². The van der Waals surface area contributed by atoms with Crippen LogP contribution in [0.25, 0.3) is 0 Å². The number of nitrogens with zero attached hydrogens (tertiary/aromatic N) is 1. The Balaban J connectivity index is 2.23. The molecule has 0 N–H and O–H groups in total. The van der Waals surface area contributed by atoms with E-state index in [1.807, 2.05) is 48.5 Å². The molecule has 1 atom stereocenters. The number of hydrogen-bond acceptors (Lipinski definition) is 1. The highest BCUT2D eigenvalue weighted by atomic mass is 31.2. The van der Waals surface area contributed by atoms with E-state index in [0.717, 1.165) is 23.7 Å². The van der Waals surface area contributed by atoms with Crippen molar-refractivity contribution in [3.63, 3.8) is 0 Å². The maximum absolute atomic E-state index is 13.5. The highest BCUT2D eigenvalue weighted by Crippen LogP contribution is 2.53. The molecule has 1 aliphatic rings. The van der Waals surface area contributed by atoms with Crippen molar-refractivity contribution < 1.29 is 4.57 Å². The van der Waals surface area contributed by atoms with E-state index in [9.17, 15) is 4.57 Å². The zero-order chi connectivity index (χ0) is 12.6. The van der Waals surface area contributed by atoms with Crippen LogP contribution in [0.5, 0.6) is 0 Å². The molecule has 1 heterocycles. The van der Waals surface area contributed by atoms with Crippen molar-refractivity contribution in [2.24, 2.45) is 0 Å². The standard InChI is InChI=1S/C15H16NOP/c1-2-16-12-13-8-6-7-11-15(13)18(16,17)14-9-4-3-5-10-14/h3-11H,2,12H2,1H3. The third-order valence-electron chi connectivity index (χ3n) is 3.54. The molecule has 18 heavy (non-hydrogen) atoms. The van der Waals surface area contributed by atoms with Gasteiger partial charge in [0, 0.05) is 23.7 Å². The van der Waals surface area contributed by atoms with E-state index >= 15 is 0 Å². The molecule has 0 radical (unpaired) electrons. The predicted molar refractivity (Wildman–Crippen MR) is 75.8 cm³/mol. The van der Waals surface area contributed by atoms with Gasteiger partial charge in [-0.25, -0.2) is 4.67 Å². The summed E-state index contributed by atoms with van der Waals surface area (Å²) in [5, 5.41) is 1.95. The van der Waals surface area contributed by atoms with Gasteiger partial charge in [-0.15, -0.1) is 0 Å². The van der Waals surface area contributed by atoms with E-state index in [0.29, 0.717) is 0 Å². The first-order chi connectivity index (χ1) is 8.76. The maximum atomic E-state index is 13.5. The summed E-state index contributed by atoms with van der Waals surface area (Å²) in [5.74, 6) is 0. The normalized spacial score (nSPS) is 22.9. The molecular formula is C15H16NOP. The zero-order valence-electron chi connectivity index (χ0n) is 10.4. The molecule has 2 aromatic carbocycles. The van der Waals surface area contributed by atoms with E-state index in [2.05, 4.69) is 17.7 Å². The summed E-state index contributed by atoms with van der Waals surface area (Å²) in [7, 11) is -2.59. The fourth-order valence-corrected chi connectivity index (χ4v) is 5.69. The molecule has 1 unspecified atom stereocenters. The SMILES string of the molecule is CCN1Cc2ccccc2P1(=O)c1ccccc1. The van der Waals surface area contributed by atoms with Gasteiger partial charge in [-0.1, -0.05) is 43.3 Å². The van der Waals surface area contributed by atoms with Gasteiger partial charge >= 0.3 is 0 Å². The minimum atomic E-state index is -2.59. The molecule has 0 saturated carbocycles. The first-order valence-electron chi connectivity index (χ1n) is 6.26. The van der Waals surface area contributed by atoms with Crippen molar-refractivity contribution in [1.29, 1.82) is 0 Å². The van der Waals surface area contributed by atoms with Crippen LogP contribution in [0.4, 0.5) is 0 Å². The van der Waals surface area contributed by atoms with Crippen LogP contribution in [0, 0.1) is 0 Å². The fraction of sp³-hybridized carbons (Fsp3) is 0.200. The minimum Gasteiger partial charge on any atom is -0.296 e. The van der Waals surface area contributed by atoms with Gasteiger partial charge in [0.15, 0.2) is 0 Å². The minimum absolute atomic E-state index is 0.791. The van der Waals surface area contributed by atoms with Gasteiger partial charge < -0.3 is 0 Å². The van der Waals surface area contributed by atoms with Crippen LogP contribution in [0.2, 0.25) is 0 Å². The average molecular weight is 257 g/mol. The first-order valence-corrected chi connectivity index (χ1v) is 7.92. The van der Waals surface area contributed by atoms with Crippen LogP contribution >= 0.6 is 7.29 Å². The van der Waals surface area contributed by atoms with Crippen molar-refractivity contribution in [3.8, 4) is 0 Å². The van der Waals surface area contributed by atoms with Crippen LogP contribution < -0.4 is 10.6 Å². The largest absolute Gasteiger partial charge is 0.296 e. The molecule has 0 aliphatic carbocycles. The summed E-state index contributed by atoms with van der Waals surface area (Å²) in [6.07, 6.45) is 0. The molecule has 0 amide bonds. The van der Waals surface area contributed by atoms with E-state index in [4.69, 9.17) is 0 Å².